The molecule has 0 atom stereocenters. The van der Waals surface area contributed by atoms with Crippen molar-refractivity contribution in [1.29, 1.82) is 0 Å². The highest BCUT2D eigenvalue weighted by atomic mass is 16.5. The van der Waals surface area contributed by atoms with E-state index in [0.717, 1.165) is 61.2 Å². The Balaban J connectivity index is 1.47. The molecule has 1 aliphatic carbocycles. The van der Waals surface area contributed by atoms with Crippen LogP contribution in [0.2, 0.25) is 0 Å². The quantitative estimate of drug-likeness (QED) is 0.724. The average Bonchev–Trinajstić information content (AvgIpc) is 3.58. The van der Waals surface area contributed by atoms with E-state index in [4.69, 9.17) is 4.74 Å². The van der Waals surface area contributed by atoms with Crippen LogP contribution in [0, 0.1) is 0 Å². The summed E-state index contributed by atoms with van der Waals surface area (Å²) in [6.07, 6.45) is 2.65. The van der Waals surface area contributed by atoms with E-state index in [2.05, 4.69) is 21.9 Å². The summed E-state index contributed by atoms with van der Waals surface area (Å²) < 4.78 is 6.15. The number of hydrogen-bond donors (Lipinski definition) is 0. The van der Waals surface area contributed by atoms with Crippen LogP contribution < -0.4 is 4.74 Å². The van der Waals surface area contributed by atoms with E-state index in [1.807, 2.05) is 55.4 Å². The second-order valence-electron chi connectivity index (χ2n) is 8.39. The van der Waals surface area contributed by atoms with Gasteiger partial charge in [-0.15, -0.1) is 0 Å². The van der Waals surface area contributed by atoms with E-state index in [1.165, 1.54) is 12.8 Å². The summed E-state index contributed by atoms with van der Waals surface area (Å²) in [5, 5.41) is 0. The first kappa shape index (κ1) is 19.9. The Labute approximate surface area is 173 Å². The van der Waals surface area contributed by atoms with Crippen molar-refractivity contribution in [2.24, 2.45) is 0 Å². The van der Waals surface area contributed by atoms with Gasteiger partial charge < -0.3 is 14.5 Å². The number of hydrogen-bond acceptors (Lipinski definition) is 4. The van der Waals surface area contributed by atoms with E-state index in [9.17, 15) is 4.79 Å². The molecule has 2 aliphatic rings. The molecular weight excluding hydrogens is 362 g/mol. The van der Waals surface area contributed by atoms with Crippen LogP contribution in [0.5, 0.6) is 5.75 Å². The normalized spacial score (nSPS) is 17.6. The Morgan fingerprint density at radius 3 is 2.41 bits per heavy atom. The van der Waals surface area contributed by atoms with Gasteiger partial charge in [-0.1, -0.05) is 36.4 Å². The second kappa shape index (κ2) is 8.97. The highest BCUT2D eigenvalue weighted by Gasteiger charge is 2.32. The van der Waals surface area contributed by atoms with Crippen molar-refractivity contribution in [1.82, 2.24) is 14.7 Å². The van der Waals surface area contributed by atoms with Crippen molar-refractivity contribution in [2.75, 3.05) is 40.3 Å². The SMILES string of the molecule is CN(C)Cc1ccc(C(=O)N2CCN(C3CC3)CC2)cc1OCc1ccccc1. The number of amides is 1. The van der Waals surface area contributed by atoms with E-state index in [-0.39, 0.29) is 5.91 Å². The second-order valence-corrected chi connectivity index (χ2v) is 8.39. The maximum atomic E-state index is 13.1. The molecular formula is C24H31N3O2. The van der Waals surface area contributed by atoms with Crippen LogP contribution in [0.3, 0.4) is 0 Å². The maximum Gasteiger partial charge on any atom is 0.254 e. The number of carbonyl (C=O) groups excluding carboxylic acids is 1. The standard InChI is InChI=1S/C24H31N3O2/c1-25(2)17-21-9-8-20(16-23(21)29-18-19-6-4-3-5-7-19)24(28)27-14-12-26(13-15-27)22-10-11-22/h3-9,16,22H,10-15,17-18H2,1-2H3. The van der Waals surface area contributed by atoms with E-state index < -0.39 is 0 Å². The topological polar surface area (TPSA) is 36.0 Å². The first-order valence-corrected chi connectivity index (χ1v) is 10.6. The van der Waals surface area contributed by atoms with Gasteiger partial charge in [-0.2, -0.15) is 0 Å². The highest BCUT2D eigenvalue weighted by molar-refractivity contribution is 5.94. The number of nitrogens with zero attached hydrogens (tertiary/aromatic N) is 3. The summed E-state index contributed by atoms with van der Waals surface area (Å²) >= 11 is 0. The van der Waals surface area contributed by atoms with Gasteiger partial charge in [0, 0.05) is 49.9 Å². The minimum absolute atomic E-state index is 0.112. The third kappa shape index (κ3) is 5.17. The Kier molecular flexibility index (Phi) is 6.16. The molecule has 1 aliphatic heterocycles. The molecule has 0 aromatic heterocycles. The van der Waals surface area contributed by atoms with Crippen molar-refractivity contribution in [3.05, 3.63) is 65.2 Å². The van der Waals surface area contributed by atoms with Crippen LogP contribution in [-0.2, 0) is 13.2 Å². The van der Waals surface area contributed by atoms with Crippen molar-refractivity contribution in [3.8, 4) is 5.75 Å². The molecule has 154 valence electrons. The van der Waals surface area contributed by atoms with Gasteiger partial charge in [0.15, 0.2) is 0 Å². The van der Waals surface area contributed by atoms with Gasteiger partial charge in [-0.25, -0.2) is 0 Å². The Hall–Kier alpha value is -2.37. The van der Waals surface area contributed by atoms with Crippen molar-refractivity contribution in [3.63, 3.8) is 0 Å². The van der Waals surface area contributed by atoms with Gasteiger partial charge >= 0.3 is 0 Å². The fraction of sp³-hybridized carbons (Fsp3) is 0.458. The molecule has 2 aromatic carbocycles. The molecule has 2 fully saturated rings. The van der Waals surface area contributed by atoms with Crippen LogP contribution in [0.1, 0.15) is 34.3 Å². The predicted octanol–water partition coefficient (Wildman–Crippen LogP) is 3.25. The van der Waals surface area contributed by atoms with Crippen LogP contribution in [0.25, 0.3) is 0 Å². The summed E-state index contributed by atoms with van der Waals surface area (Å²) in [6.45, 7) is 4.89. The fourth-order valence-electron chi connectivity index (χ4n) is 3.94. The lowest BCUT2D eigenvalue weighted by Gasteiger charge is -2.35. The Bertz CT molecular complexity index is 825. The molecule has 0 N–H and O–H groups in total. The molecule has 29 heavy (non-hydrogen) atoms. The molecule has 0 spiro atoms. The molecule has 0 bridgehead atoms. The molecule has 1 saturated heterocycles. The molecule has 1 heterocycles. The van der Waals surface area contributed by atoms with Gasteiger partial charge in [0.2, 0.25) is 0 Å². The molecule has 0 unspecified atom stereocenters. The number of rotatable bonds is 7. The molecule has 4 rings (SSSR count). The monoisotopic (exact) mass is 393 g/mol. The lowest BCUT2D eigenvalue weighted by atomic mass is 10.1. The van der Waals surface area contributed by atoms with Crippen LogP contribution >= 0.6 is 0 Å². The Morgan fingerprint density at radius 1 is 1.03 bits per heavy atom. The minimum Gasteiger partial charge on any atom is -0.489 e. The minimum atomic E-state index is 0.112. The fourth-order valence-corrected chi connectivity index (χ4v) is 3.94. The zero-order chi connectivity index (χ0) is 20.2. The third-order valence-corrected chi connectivity index (χ3v) is 5.70. The molecule has 1 saturated carbocycles. The van der Waals surface area contributed by atoms with Crippen LogP contribution in [0.15, 0.2) is 48.5 Å². The lowest BCUT2D eigenvalue weighted by molar-refractivity contribution is 0.0627. The largest absolute Gasteiger partial charge is 0.489 e. The molecule has 5 heteroatoms. The summed E-state index contributed by atoms with van der Waals surface area (Å²) in [5.74, 6) is 0.909. The van der Waals surface area contributed by atoms with Crippen molar-refractivity contribution in [2.45, 2.75) is 32.0 Å². The van der Waals surface area contributed by atoms with E-state index >= 15 is 0 Å². The molecule has 5 nitrogen and oxygen atoms in total. The molecule has 0 radical (unpaired) electrons. The maximum absolute atomic E-state index is 13.1. The summed E-state index contributed by atoms with van der Waals surface area (Å²) in [6, 6.07) is 16.8. The Morgan fingerprint density at radius 2 is 1.76 bits per heavy atom. The van der Waals surface area contributed by atoms with Crippen molar-refractivity contribution < 1.29 is 9.53 Å². The lowest BCUT2D eigenvalue weighted by Crippen LogP contribution is -2.49. The van der Waals surface area contributed by atoms with Gasteiger partial charge in [-0.05, 0) is 44.6 Å². The molecule has 1 amide bonds. The highest BCUT2D eigenvalue weighted by Crippen LogP contribution is 2.28. The van der Waals surface area contributed by atoms with E-state index in [1.54, 1.807) is 0 Å². The summed E-state index contributed by atoms with van der Waals surface area (Å²) in [4.78, 5) is 19.7. The van der Waals surface area contributed by atoms with Crippen molar-refractivity contribution >= 4 is 5.91 Å². The average molecular weight is 394 g/mol. The summed E-state index contributed by atoms with van der Waals surface area (Å²) in [5.41, 5.74) is 2.94. The smallest absolute Gasteiger partial charge is 0.254 e. The molecule has 2 aromatic rings. The van der Waals surface area contributed by atoms with Crippen LogP contribution in [-0.4, -0.2) is 66.9 Å². The van der Waals surface area contributed by atoms with E-state index in [0.29, 0.717) is 6.61 Å². The first-order chi connectivity index (χ1) is 14.1. The van der Waals surface area contributed by atoms with Gasteiger partial charge in [0.05, 0.1) is 0 Å². The van der Waals surface area contributed by atoms with Gasteiger partial charge in [-0.3, -0.25) is 9.69 Å². The van der Waals surface area contributed by atoms with Crippen LogP contribution in [0.4, 0.5) is 0 Å². The predicted molar refractivity (Wildman–Crippen MR) is 115 cm³/mol. The third-order valence-electron chi connectivity index (χ3n) is 5.70. The summed E-state index contributed by atoms with van der Waals surface area (Å²) in [7, 11) is 4.08. The number of carbonyl (C=O) groups is 1. The number of benzene rings is 2. The zero-order valence-electron chi connectivity index (χ0n) is 17.5. The number of ether oxygens (including phenoxy) is 1. The van der Waals surface area contributed by atoms with Gasteiger partial charge in [0.25, 0.3) is 5.91 Å². The zero-order valence-corrected chi connectivity index (χ0v) is 17.5. The number of piperazine rings is 1. The first-order valence-electron chi connectivity index (χ1n) is 10.6. The van der Waals surface area contributed by atoms with Gasteiger partial charge in [0.1, 0.15) is 12.4 Å².